The molecule has 4 aromatic heterocycles. The third kappa shape index (κ3) is 3.18. The number of rotatable bonds is 5. The maximum absolute atomic E-state index is 12.5. The zero-order chi connectivity index (χ0) is 19.0. The molecule has 4 heterocycles. The molecule has 4 N–H and O–H groups in total. The summed E-state index contributed by atoms with van der Waals surface area (Å²) in [5.74, 6) is -0.196. The van der Waals surface area contributed by atoms with E-state index >= 15 is 0 Å². The van der Waals surface area contributed by atoms with Crippen molar-refractivity contribution in [3.05, 3.63) is 54.6 Å². The molecule has 0 fully saturated rings. The number of imidazole rings is 1. The number of carbonyl (C=O) groups excluding carboxylic acids is 1. The lowest BCUT2D eigenvalue weighted by molar-refractivity contribution is 0.102. The number of aromatic nitrogens is 5. The first-order valence-electron chi connectivity index (χ1n) is 8.26. The first-order valence-corrected chi connectivity index (χ1v) is 8.26. The molecule has 0 saturated heterocycles. The zero-order valence-electron chi connectivity index (χ0n) is 14.4. The predicted octanol–water partition coefficient (Wildman–Crippen LogP) is 1.41. The third-order valence-electron chi connectivity index (χ3n) is 4.02. The van der Waals surface area contributed by atoms with Crippen LogP contribution < -0.4 is 11.1 Å². The number of amides is 1. The van der Waals surface area contributed by atoms with E-state index in [0.29, 0.717) is 23.7 Å². The maximum Gasteiger partial charge on any atom is 0.277 e. The summed E-state index contributed by atoms with van der Waals surface area (Å²) in [6.45, 7) is 2.45. The Morgan fingerprint density at radius 1 is 1.44 bits per heavy atom. The van der Waals surface area contributed by atoms with Crippen LogP contribution in [-0.2, 0) is 6.54 Å². The molecule has 0 aromatic carbocycles. The van der Waals surface area contributed by atoms with E-state index in [1.165, 1.54) is 6.26 Å². The third-order valence-corrected chi connectivity index (χ3v) is 4.02. The van der Waals surface area contributed by atoms with Gasteiger partial charge in [0.15, 0.2) is 5.69 Å². The molecule has 4 rings (SSSR count). The number of hydrogen-bond donors (Lipinski definition) is 3. The Morgan fingerprint density at radius 2 is 2.30 bits per heavy atom. The number of aliphatic hydroxyl groups is 1. The highest BCUT2D eigenvalue weighted by Crippen LogP contribution is 2.22. The van der Waals surface area contributed by atoms with Gasteiger partial charge in [0.1, 0.15) is 23.8 Å². The summed E-state index contributed by atoms with van der Waals surface area (Å²) >= 11 is 0. The molecule has 27 heavy (non-hydrogen) atoms. The van der Waals surface area contributed by atoms with Crippen molar-refractivity contribution in [1.29, 1.82) is 0 Å². The Labute approximate surface area is 153 Å². The van der Waals surface area contributed by atoms with Crippen LogP contribution in [0.25, 0.3) is 17.1 Å². The normalized spacial score (nSPS) is 12.4. The molecule has 138 valence electrons. The Hall–Kier alpha value is -3.50. The maximum atomic E-state index is 12.5. The first-order chi connectivity index (χ1) is 13.0. The summed E-state index contributed by atoms with van der Waals surface area (Å²) in [7, 11) is 0. The smallest absolute Gasteiger partial charge is 0.277 e. The molecule has 0 radical (unpaired) electrons. The summed E-state index contributed by atoms with van der Waals surface area (Å²) < 4.78 is 8.85. The highest BCUT2D eigenvalue weighted by Gasteiger charge is 2.19. The van der Waals surface area contributed by atoms with E-state index in [0.717, 1.165) is 5.65 Å². The Kier molecular flexibility index (Phi) is 4.18. The fraction of sp³-hybridized carbons (Fsp3) is 0.176. The predicted molar refractivity (Wildman–Crippen MR) is 95.7 cm³/mol. The minimum atomic E-state index is -1.30. The topological polar surface area (TPSA) is 136 Å². The molecule has 0 bridgehead atoms. The average molecular weight is 367 g/mol. The van der Waals surface area contributed by atoms with E-state index in [9.17, 15) is 9.90 Å². The highest BCUT2D eigenvalue weighted by molar-refractivity contribution is 6.03. The van der Waals surface area contributed by atoms with Crippen molar-refractivity contribution < 1.29 is 14.3 Å². The van der Waals surface area contributed by atoms with Crippen molar-refractivity contribution in [3.63, 3.8) is 0 Å². The van der Waals surface area contributed by atoms with Gasteiger partial charge in [-0.2, -0.15) is 5.10 Å². The van der Waals surface area contributed by atoms with Crippen LogP contribution in [-0.4, -0.2) is 35.2 Å². The van der Waals surface area contributed by atoms with Crippen LogP contribution in [0.2, 0.25) is 0 Å². The standard InChI is InChI=1S/C17H17N7O3/c1-2-24-8-11(14(22-24)15(18)25)20-16(26)12-9-27-17(21-12)10-3-5-23-6-4-19-13(23)7-10/h3-9,15,25H,2,18H2,1H3,(H,20,26). The van der Waals surface area contributed by atoms with Gasteiger partial charge < -0.3 is 25.0 Å². The Balaban J connectivity index is 1.58. The Morgan fingerprint density at radius 3 is 3.07 bits per heavy atom. The SMILES string of the molecule is CCn1cc(NC(=O)c2coc(-c3ccn4ccnc4c3)n2)c(C(N)O)n1. The van der Waals surface area contributed by atoms with Gasteiger partial charge in [-0.15, -0.1) is 0 Å². The van der Waals surface area contributed by atoms with Gasteiger partial charge in [-0.3, -0.25) is 9.48 Å². The molecule has 4 aromatic rings. The summed E-state index contributed by atoms with van der Waals surface area (Å²) in [4.78, 5) is 20.9. The lowest BCUT2D eigenvalue weighted by Gasteiger charge is -2.04. The Bertz CT molecular complexity index is 1110. The molecule has 1 unspecified atom stereocenters. The van der Waals surface area contributed by atoms with E-state index in [-0.39, 0.29) is 11.4 Å². The first kappa shape index (κ1) is 16.9. The second-order valence-electron chi connectivity index (χ2n) is 5.83. The van der Waals surface area contributed by atoms with Crippen LogP contribution in [0.4, 0.5) is 5.69 Å². The number of nitrogens with one attached hydrogen (secondary N) is 1. The number of pyridine rings is 1. The number of carbonyl (C=O) groups is 1. The number of hydrogen-bond acceptors (Lipinski definition) is 7. The van der Waals surface area contributed by atoms with Gasteiger partial charge >= 0.3 is 0 Å². The lowest BCUT2D eigenvalue weighted by atomic mass is 10.2. The number of oxazole rings is 1. The largest absolute Gasteiger partial charge is 0.444 e. The van der Waals surface area contributed by atoms with Crippen molar-refractivity contribution in [1.82, 2.24) is 24.1 Å². The van der Waals surface area contributed by atoms with Gasteiger partial charge in [-0.05, 0) is 19.1 Å². The van der Waals surface area contributed by atoms with E-state index < -0.39 is 12.1 Å². The quantitative estimate of drug-likeness (QED) is 0.454. The second-order valence-corrected chi connectivity index (χ2v) is 5.83. The number of aliphatic hydroxyl groups excluding tert-OH is 1. The number of aryl methyl sites for hydroxylation is 1. The summed E-state index contributed by atoms with van der Waals surface area (Å²) in [5, 5.41) is 16.4. The minimum absolute atomic E-state index is 0.0925. The van der Waals surface area contributed by atoms with Gasteiger partial charge in [-0.1, -0.05) is 0 Å². The summed E-state index contributed by atoms with van der Waals surface area (Å²) in [6.07, 6.45) is 6.90. The van der Waals surface area contributed by atoms with E-state index in [4.69, 9.17) is 10.2 Å². The number of nitrogens with zero attached hydrogens (tertiary/aromatic N) is 5. The van der Waals surface area contributed by atoms with Crippen molar-refractivity contribution in [2.45, 2.75) is 19.7 Å². The molecule has 1 amide bonds. The average Bonchev–Trinajstić information content (AvgIpc) is 3.39. The molecule has 10 heteroatoms. The van der Waals surface area contributed by atoms with Gasteiger partial charge in [-0.25, -0.2) is 9.97 Å². The molecule has 0 aliphatic carbocycles. The lowest BCUT2D eigenvalue weighted by Crippen LogP contribution is -2.16. The second kappa shape index (κ2) is 6.67. The molecule has 0 aliphatic heterocycles. The van der Waals surface area contributed by atoms with Crippen LogP contribution >= 0.6 is 0 Å². The molecular weight excluding hydrogens is 350 g/mol. The van der Waals surface area contributed by atoms with Crippen LogP contribution in [0.1, 0.15) is 29.3 Å². The summed E-state index contributed by atoms with van der Waals surface area (Å²) in [5.41, 5.74) is 7.53. The van der Waals surface area contributed by atoms with Crippen molar-refractivity contribution >= 4 is 17.2 Å². The molecule has 1 atom stereocenters. The van der Waals surface area contributed by atoms with Crippen molar-refractivity contribution in [3.8, 4) is 11.5 Å². The zero-order valence-corrected chi connectivity index (χ0v) is 14.4. The van der Waals surface area contributed by atoms with Gasteiger partial charge in [0.05, 0.1) is 5.69 Å². The van der Waals surface area contributed by atoms with Crippen LogP contribution in [0.15, 0.2) is 47.6 Å². The number of nitrogens with two attached hydrogens (primary N) is 1. The van der Waals surface area contributed by atoms with Crippen LogP contribution in [0.3, 0.4) is 0 Å². The van der Waals surface area contributed by atoms with E-state index in [1.807, 2.05) is 35.9 Å². The van der Waals surface area contributed by atoms with Crippen LogP contribution in [0.5, 0.6) is 0 Å². The number of fused-ring (bicyclic) bond motifs is 1. The minimum Gasteiger partial charge on any atom is -0.444 e. The molecular formula is C17H17N7O3. The van der Waals surface area contributed by atoms with Crippen molar-refractivity contribution in [2.24, 2.45) is 5.73 Å². The van der Waals surface area contributed by atoms with Gasteiger partial charge in [0, 0.05) is 36.9 Å². The monoisotopic (exact) mass is 367 g/mol. The number of anilines is 1. The molecule has 10 nitrogen and oxygen atoms in total. The van der Waals surface area contributed by atoms with Crippen LogP contribution in [0, 0.1) is 0 Å². The van der Waals surface area contributed by atoms with Gasteiger partial charge in [0.25, 0.3) is 5.91 Å². The molecule has 0 aliphatic rings. The van der Waals surface area contributed by atoms with E-state index in [1.54, 1.807) is 17.1 Å². The molecule has 0 spiro atoms. The fourth-order valence-corrected chi connectivity index (χ4v) is 2.65. The highest BCUT2D eigenvalue weighted by atomic mass is 16.3. The van der Waals surface area contributed by atoms with Crippen molar-refractivity contribution in [2.75, 3.05) is 5.32 Å². The molecule has 0 saturated carbocycles. The fourth-order valence-electron chi connectivity index (χ4n) is 2.65. The van der Waals surface area contributed by atoms with E-state index in [2.05, 4.69) is 20.4 Å². The van der Waals surface area contributed by atoms with Gasteiger partial charge in [0.2, 0.25) is 5.89 Å². The summed E-state index contributed by atoms with van der Waals surface area (Å²) in [6, 6.07) is 3.62.